The molecule has 160 valence electrons. The van der Waals surface area contributed by atoms with E-state index in [2.05, 4.69) is 0 Å². The van der Waals surface area contributed by atoms with Crippen LogP contribution in [0.1, 0.15) is 26.7 Å². The summed E-state index contributed by atoms with van der Waals surface area (Å²) < 4.78 is 27.9. The van der Waals surface area contributed by atoms with Gasteiger partial charge in [0.1, 0.15) is 12.2 Å². The van der Waals surface area contributed by atoms with Crippen LogP contribution in [0.15, 0.2) is 0 Å². The molecule has 8 heteroatoms. The van der Waals surface area contributed by atoms with Gasteiger partial charge in [-0.3, -0.25) is 0 Å². The van der Waals surface area contributed by atoms with Gasteiger partial charge in [0, 0.05) is 25.6 Å². The zero-order valence-corrected chi connectivity index (χ0v) is 16.7. The van der Waals surface area contributed by atoms with Crippen molar-refractivity contribution in [2.24, 2.45) is 11.8 Å². The molecule has 8 atom stereocenters. The molecule has 0 aromatic carbocycles. The average Bonchev–Trinajstić information content (AvgIpc) is 2.65. The van der Waals surface area contributed by atoms with Crippen LogP contribution < -0.4 is 0 Å². The van der Waals surface area contributed by atoms with E-state index in [9.17, 15) is 15.3 Å². The summed E-state index contributed by atoms with van der Waals surface area (Å²) in [6, 6.07) is 0. The van der Waals surface area contributed by atoms with E-state index < -0.39 is 24.4 Å². The number of hydrogen-bond donors (Lipinski definition) is 3. The maximum absolute atomic E-state index is 10.5. The fourth-order valence-electron chi connectivity index (χ4n) is 4.00. The zero-order chi connectivity index (χ0) is 19.8. The van der Waals surface area contributed by atoms with Gasteiger partial charge in [-0.2, -0.15) is 0 Å². The van der Waals surface area contributed by atoms with Gasteiger partial charge in [-0.05, 0) is 26.7 Å². The average molecular weight is 392 g/mol. The predicted octanol–water partition coefficient (Wildman–Crippen LogP) is -0.0327. The van der Waals surface area contributed by atoms with Crippen molar-refractivity contribution in [2.75, 3.05) is 46.8 Å². The SMILES string of the molecule is CCOC[C@H]1C[C@@H](COC[C@@H]2OC(C)C[C@H](COC)C2O)[C@@H](O)C(CO)O1. The van der Waals surface area contributed by atoms with Crippen molar-refractivity contribution < 1.29 is 39.0 Å². The summed E-state index contributed by atoms with van der Waals surface area (Å²) in [4.78, 5) is 0. The van der Waals surface area contributed by atoms with Crippen molar-refractivity contribution in [1.82, 2.24) is 0 Å². The number of aliphatic hydroxyl groups is 3. The van der Waals surface area contributed by atoms with Gasteiger partial charge in [-0.1, -0.05) is 0 Å². The molecule has 0 aromatic heterocycles. The van der Waals surface area contributed by atoms with E-state index in [-0.39, 0.29) is 37.3 Å². The summed E-state index contributed by atoms with van der Waals surface area (Å²) in [6.45, 7) is 5.70. The summed E-state index contributed by atoms with van der Waals surface area (Å²) in [5, 5.41) is 30.4. The number of ether oxygens (including phenoxy) is 5. The molecule has 8 nitrogen and oxygen atoms in total. The van der Waals surface area contributed by atoms with E-state index in [1.807, 2.05) is 13.8 Å². The summed E-state index contributed by atoms with van der Waals surface area (Å²) in [7, 11) is 1.63. The minimum absolute atomic E-state index is 0.0235. The van der Waals surface area contributed by atoms with Crippen molar-refractivity contribution >= 4 is 0 Å². The molecule has 2 aliphatic heterocycles. The third-order valence-corrected chi connectivity index (χ3v) is 5.39. The Morgan fingerprint density at radius 3 is 2.26 bits per heavy atom. The first-order chi connectivity index (χ1) is 13.0. The van der Waals surface area contributed by atoms with Gasteiger partial charge in [0.05, 0.1) is 57.5 Å². The molecular formula is C19H36O8. The molecule has 2 rings (SSSR count). The molecule has 0 aliphatic carbocycles. The second-order valence-corrected chi connectivity index (χ2v) is 7.59. The van der Waals surface area contributed by atoms with Gasteiger partial charge >= 0.3 is 0 Å². The topological polar surface area (TPSA) is 107 Å². The number of methoxy groups -OCH3 is 1. The Balaban J connectivity index is 1.84. The Bertz CT molecular complexity index is 409. The monoisotopic (exact) mass is 392 g/mol. The number of rotatable bonds is 10. The molecule has 0 aromatic rings. The lowest BCUT2D eigenvalue weighted by molar-refractivity contribution is -0.193. The van der Waals surface area contributed by atoms with Gasteiger partial charge in [-0.25, -0.2) is 0 Å². The minimum atomic E-state index is -0.801. The van der Waals surface area contributed by atoms with Crippen LogP contribution in [0.25, 0.3) is 0 Å². The van der Waals surface area contributed by atoms with E-state index in [1.165, 1.54) is 0 Å². The summed E-state index contributed by atoms with van der Waals surface area (Å²) >= 11 is 0. The Kier molecular flexibility index (Phi) is 9.89. The standard InChI is InChI=1S/C19H36O8/c1-4-24-10-15-6-14(18(21)16(7-20)27-15)9-25-11-17-19(22)13(8-23-3)5-12(2)26-17/h12-22H,4-11H2,1-3H3/t12?,13-,14+,15-,16?,17+,18-,19?/m1/s1. The molecule has 0 radical (unpaired) electrons. The molecule has 27 heavy (non-hydrogen) atoms. The first kappa shape index (κ1) is 23.0. The van der Waals surface area contributed by atoms with E-state index in [0.717, 1.165) is 6.42 Å². The van der Waals surface area contributed by atoms with Crippen molar-refractivity contribution in [1.29, 1.82) is 0 Å². The van der Waals surface area contributed by atoms with Gasteiger partial charge in [0.15, 0.2) is 0 Å². The van der Waals surface area contributed by atoms with Crippen LogP contribution in [0.4, 0.5) is 0 Å². The molecule has 2 heterocycles. The summed E-state index contributed by atoms with van der Waals surface area (Å²) in [5.74, 6) is -0.148. The molecule has 0 amide bonds. The lowest BCUT2D eigenvalue weighted by Crippen LogP contribution is -2.50. The van der Waals surface area contributed by atoms with Crippen molar-refractivity contribution in [2.45, 2.75) is 63.3 Å². The van der Waals surface area contributed by atoms with Gasteiger partial charge < -0.3 is 39.0 Å². The van der Waals surface area contributed by atoms with E-state index in [1.54, 1.807) is 7.11 Å². The lowest BCUT2D eigenvalue weighted by atomic mass is 9.89. The summed E-state index contributed by atoms with van der Waals surface area (Å²) in [6.07, 6.45) is -1.30. The van der Waals surface area contributed by atoms with Crippen LogP contribution in [0, 0.1) is 11.8 Å². The highest BCUT2D eigenvalue weighted by Gasteiger charge is 2.39. The second kappa shape index (κ2) is 11.6. The normalized spacial score (nSPS) is 40.2. The Labute approximate surface area is 161 Å². The van der Waals surface area contributed by atoms with E-state index in [0.29, 0.717) is 32.8 Å². The molecule has 0 bridgehead atoms. The summed E-state index contributed by atoms with van der Waals surface area (Å²) in [5.41, 5.74) is 0. The second-order valence-electron chi connectivity index (χ2n) is 7.59. The Hall–Kier alpha value is -0.320. The number of aliphatic hydroxyl groups excluding tert-OH is 3. The fraction of sp³-hybridized carbons (Fsp3) is 1.00. The predicted molar refractivity (Wildman–Crippen MR) is 97.5 cm³/mol. The largest absolute Gasteiger partial charge is 0.394 e. The minimum Gasteiger partial charge on any atom is -0.394 e. The molecule has 2 fully saturated rings. The third kappa shape index (κ3) is 6.61. The van der Waals surface area contributed by atoms with Crippen LogP contribution >= 0.6 is 0 Å². The highest BCUT2D eigenvalue weighted by atomic mass is 16.6. The third-order valence-electron chi connectivity index (χ3n) is 5.39. The van der Waals surface area contributed by atoms with Gasteiger partial charge in [0.2, 0.25) is 0 Å². The molecule has 3 N–H and O–H groups in total. The molecule has 0 spiro atoms. The van der Waals surface area contributed by atoms with E-state index in [4.69, 9.17) is 23.7 Å². The van der Waals surface area contributed by atoms with E-state index >= 15 is 0 Å². The van der Waals surface area contributed by atoms with Crippen LogP contribution in [0.3, 0.4) is 0 Å². The molecule has 2 aliphatic rings. The lowest BCUT2D eigenvalue weighted by Gasteiger charge is -2.40. The van der Waals surface area contributed by atoms with Crippen molar-refractivity contribution in [3.63, 3.8) is 0 Å². The molecular weight excluding hydrogens is 356 g/mol. The van der Waals surface area contributed by atoms with Gasteiger partial charge in [0.25, 0.3) is 0 Å². The van der Waals surface area contributed by atoms with Crippen molar-refractivity contribution in [3.05, 3.63) is 0 Å². The van der Waals surface area contributed by atoms with Gasteiger partial charge in [-0.15, -0.1) is 0 Å². The van der Waals surface area contributed by atoms with Crippen LogP contribution in [-0.4, -0.2) is 98.7 Å². The first-order valence-corrected chi connectivity index (χ1v) is 9.92. The first-order valence-electron chi connectivity index (χ1n) is 9.92. The fourth-order valence-corrected chi connectivity index (χ4v) is 4.00. The molecule has 2 saturated heterocycles. The maximum Gasteiger partial charge on any atom is 0.107 e. The van der Waals surface area contributed by atoms with Crippen molar-refractivity contribution in [3.8, 4) is 0 Å². The highest BCUT2D eigenvalue weighted by molar-refractivity contribution is 4.87. The van der Waals surface area contributed by atoms with Crippen LogP contribution in [-0.2, 0) is 23.7 Å². The Morgan fingerprint density at radius 1 is 0.889 bits per heavy atom. The number of hydrogen-bond acceptors (Lipinski definition) is 8. The molecule has 3 unspecified atom stereocenters. The highest BCUT2D eigenvalue weighted by Crippen LogP contribution is 2.28. The zero-order valence-electron chi connectivity index (χ0n) is 16.7. The van der Waals surface area contributed by atoms with Crippen LogP contribution in [0.5, 0.6) is 0 Å². The quantitative estimate of drug-likeness (QED) is 0.476. The maximum atomic E-state index is 10.5. The van der Waals surface area contributed by atoms with Crippen LogP contribution in [0.2, 0.25) is 0 Å². The molecule has 0 saturated carbocycles. The Morgan fingerprint density at radius 2 is 1.59 bits per heavy atom. The smallest absolute Gasteiger partial charge is 0.107 e.